The van der Waals surface area contributed by atoms with Gasteiger partial charge in [0.25, 0.3) is 0 Å². The number of benzene rings is 3. The molecule has 9 heteroatoms. The van der Waals surface area contributed by atoms with Crippen LogP contribution in [0.4, 0.5) is 5.69 Å². The van der Waals surface area contributed by atoms with Gasteiger partial charge in [-0.15, -0.1) is 0 Å². The summed E-state index contributed by atoms with van der Waals surface area (Å²) in [6, 6.07) is 16.4. The highest BCUT2D eigenvalue weighted by molar-refractivity contribution is 5.79. The van der Waals surface area contributed by atoms with Crippen LogP contribution in [-0.4, -0.2) is 58.7 Å². The number of hydrogen-bond acceptors (Lipinski definition) is 9. The van der Waals surface area contributed by atoms with E-state index in [9.17, 15) is 4.79 Å². The Balaban J connectivity index is 1.31. The van der Waals surface area contributed by atoms with E-state index < -0.39 is 5.92 Å². The molecule has 0 amide bonds. The fraction of sp³-hybridized carbons (Fsp3) is 0.441. The van der Waals surface area contributed by atoms with E-state index in [4.69, 9.17) is 28.4 Å². The van der Waals surface area contributed by atoms with Gasteiger partial charge in [0, 0.05) is 24.1 Å². The van der Waals surface area contributed by atoms with Gasteiger partial charge in [0.05, 0.1) is 39.9 Å². The van der Waals surface area contributed by atoms with Crippen molar-refractivity contribution in [2.45, 2.75) is 37.8 Å². The van der Waals surface area contributed by atoms with Crippen LogP contribution in [0.15, 0.2) is 48.5 Å². The molecule has 226 valence electrons. The number of esters is 1. The number of ether oxygens (including phenoxy) is 6. The van der Waals surface area contributed by atoms with Crippen molar-refractivity contribution < 1.29 is 33.2 Å². The molecular formula is C34H38N2O7. The first-order chi connectivity index (χ1) is 21.1. The summed E-state index contributed by atoms with van der Waals surface area (Å²) in [6.45, 7) is 3.72. The van der Waals surface area contributed by atoms with Crippen LogP contribution in [0.2, 0.25) is 0 Å². The van der Waals surface area contributed by atoms with Crippen LogP contribution in [0.3, 0.4) is 0 Å². The molecule has 0 unspecified atom stereocenters. The van der Waals surface area contributed by atoms with E-state index in [1.807, 2.05) is 18.2 Å². The number of piperidine rings is 1. The van der Waals surface area contributed by atoms with Crippen molar-refractivity contribution in [2.24, 2.45) is 11.8 Å². The lowest BCUT2D eigenvalue weighted by molar-refractivity contribution is -0.141. The minimum absolute atomic E-state index is 0.116. The Morgan fingerprint density at radius 3 is 2.28 bits per heavy atom. The van der Waals surface area contributed by atoms with Crippen LogP contribution in [0.1, 0.15) is 53.5 Å². The number of anilines is 1. The van der Waals surface area contributed by atoms with Gasteiger partial charge in [0.2, 0.25) is 12.5 Å². The van der Waals surface area contributed by atoms with E-state index in [0.29, 0.717) is 35.4 Å². The maximum atomic E-state index is 13.5. The predicted octanol–water partition coefficient (Wildman–Crippen LogP) is 5.51. The first-order valence-electron chi connectivity index (χ1n) is 15.1. The minimum Gasteiger partial charge on any atom is -0.493 e. The summed E-state index contributed by atoms with van der Waals surface area (Å²) in [5.74, 6) is 1.88. The smallest absolute Gasteiger partial charge is 0.310 e. The fourth-order valence-corrected chi connectivity index (χ4v) is 7.34. The van der Waals surface area contributed by atoms with Gasteiger partial charge < -0.3 is 33.7 Å². The highest BCUT2D eigenvalue weighted by atomic mass is 16.7. The molecule has 1 N–H and O–H groups in total. The Bertz CT molecular complexity index is 1490. The number of nitrogens with one attached hydrogen (secondary N) is 1. The normalized spacial score (nSPS) is 24.1. The predicted molar refractivity (Wildman–Crippen MR) is 160 cm³/mol. The molecule has 0 bridgehead atoms. The maximum absolute atomic E-state index is 13.5. The molecule has 2 fully saturated rings. The summed E-state index contributed by atoms with van der Waals surface area (Å²) in [5.41, 5.74) is 5.22. The number of carbonyl (C=O) groups excluding carboxylic acids is 1. The third-order valence-corrected chi connectivity index (χ3v) is 9.34. The lowest BCUT2D eigenvalue weighted by atomic mass is 9.65. The molecule has 0 radical (unpaired) electrons. The Kier molecular flexibility index (Phi) is 7.43. The third kappa shape index (κ3) is 4.99. The number of hydrogen-bond donors (Lipinski definition) is 1. The molecule has 7 rings (SSSR count). The molecule has 3 heterocycles. The molecule has 3 aromatic rings. The van der Waals surface area contributed by atoms with Crippen molar-refractivity contribution in [2.75, 3.05) is 53.1 Å². The lowest BCUT2D eigenvalue weighted by Gasteiger charge is -2.40. The highest BCUT2D eigenvalue weighted by Crippen LogP contribution is 2.56. The zero-order valence-electron chi connectivity index (χ0n) is 24.9. The van der Waals surface area contributed by atoms with Gasteiger partial charge in [-0.2, -0.15) is 0 Å². The SMILES string of the molecule is COc1cc([C@@H]2c3cc4c(cc3[C@@H](Nc3cccc(CN5CCCCC5)c3)[C@H]3COC(=O)[C@H]23)OCO4)cc(OC)c1OC. The topological polar surface area (TPSA) is 87.7 Å². The average molecular weight is 587 g/mol. The fourth-order valence-electron chi connectivity index (χ4n) is 7.34. The van der Waals surface area contributed by atoms with E-state index in [-0.39, 0.29) is 30.6 Å². The van der Waals surface area contributed by atoms with Gasteiger partial charge in [0.1, 0.15) is 0 Å². The van der Waals surface area contributed by atoms with Crippen LogP contribution in [-0.2, 0) is 16.1 Å². The van der Waals surface area contributed by atoms with Crippen LogP contribution >= 0.6 is 0 Å². The number of cyclic esters (lactones) is 1. The average Bonchev–Trinajstić information content (AvgIpc) is 3.66. The summed E-state index contributed by atoms with van der Waals surface area (Å²) in [4.78, 5) is 16.1. The molecule has 0 saturated carbocycles. The van der Waals surface area contributed by atoms with Gasteiger partial charge in [-0.05, 0) is 84.6 Å². The number of likely N-dealkylation sites (tertiary alicyclic amines) is 1. The molecule has 0 aromatic heterocycles. The standard InChI is InChI=1S/C34H38N2O7/c1-38-28-13-21(14-29(39-2)33(28)40-3)30-23-15-26-27(43-19-42-26)16-24(23)32(25-18-41-34(37)31(25)30)35-22-9-7-8-20(12-22)17-36-10-5-4-6-11-36/h7-9,12-16,25,30-32,35H,4-6,10-11,17-19H2,1-3H3/t25-,30+,31-,32+/m0/s1. The zero-order chi connectivity index (χ0) is 29.5. The largest absolute Gasteiger partial charge is 0.493 e. The van der Waals surface area contributed by atoms with E-state index >= 15 is 0 Å². The number of carbonyl (C=O) groups is 1. The second-order valence-corrected chi connectivity index (χ2v) is 11.7. The molecule has 43 heavy (non-hydrogen) atoms. The van der Waals surface area contributed by atoms with Gasteiger partial charge in [-0.3, -0.25) is 9.69 Å². The Morgan fingerprint density at radius 1 is 0.860 bits per heavy atom. The van der Waals surface area contributed by atoms with E-state index in [1.54, 1.807) is 21.3 Å². The van der Waals surface area contributed by atoms with Gasteiger partial charge in [0.15, 0.2) is 23.0 Å². The molecule has 0 spiro atoms. The quantitative estimate of drug-likeness (QED) is 0.343. The molecule has 1 aliphatic carbocycles. The van der Waals surface area contributed by atoms with Crippen LogP contribution in [0, 0.1) is 11.8 Å². The Morgan fingerprint density at radius 2 is 1.58 bits per heavy atom. The Hall–Kier alpha value is -4.11. The molecular weight excluding hydrogens is 548 g/mol. The number of rotatable bonds is 8. The second-order valence-electron chi connectivity index (χ2n) is 11.7. The van der Waals surface area contributed by atoms with Crippen molar-refractivity contribution in [3.63, 3.8) is 0 Å². The van der Waals surface area contributed by atoms with Gasteiger partial charge in [-0.1, -0.05) is 18.6 Å². The molecule has 4 atom stereocenters. The van der Waals surface area contributed by atoms with E-state index in [1.165, 1.54) is 24.8 Å². The van der Waals surface area contributed by atoms with Gasteiger partial charge in [-0.25, -0.2) is 0 Å². The summed E-state index contributed by atoms with van der Waals surface area (Å²) in [5, 5.41) is 3.82. The number of fused-ring (bicyclic) bond motifs is 3. The summed E-state index contributed by atoms with van der Waals surface area (Å²) in [7, 11) is 4.78. The summed E-state index contributed by atoms with van der Waals surface area (Å²) >= 11 is 0. The monoisotopic (exact) mass is 586 g/mol. The molecule has 4 aliphatic rings. The molecule has 2 saturated heterocycles. The highest BCUT2D eigenvalue weighted by Gasteiger charge is 2.52. The van der Waals surface area contributed by atoms with Crippen LogP contribution in [0.25, 0.3) is 0 Å². The zero-order valence-corrected chi connectivity index (χ0v) is 24.9. The first kappa shape index (κ1) is 27.7. The second kappa shape index (κ2) is 11.5. The van der Waals surface area contributed by atoms with Crippen molar-refractivity contribution in [3.8, 4) is 28.7 Å². The van der Waals surface area contributed by atoms with E-state index in [2.05, 4.69) is 40.5 Å². The van der Waals surface area contributed by atoms with Crippen LogP contribution < -0.4 is 29.0 Å². The minimum atomic E-state index is -0.426. The lowest BCUT2D eigenvalue weighted by Crippen LogP contribution is -2.37. The third-order valence-electron chi connectivity index (χ3n) is 9.34. The molecule has 3 aliphatic heterocycles. The summed E-state index contributed by atoms with van der Waals surface area (Å²) in [6.07, 6.45) is 3.84. The van der Waals surface area contributed by atoms with Crippen LogP contribution in [0.5, 0.6) is 28.7 Å². The maximum Gasteiger partial charge on any atom is 0.310 e. The van der Waals surface area contributed by atoms with Crippen molar-refractivity contribution in [1.29, 1.82) is 0 Å². The Labute approximate surface area is 252 Å². The molecule has 9 nitrogen and oxygen atoms in total. The number of methoxy groups -OCH3 is 3. The first-order valence-corrected chi connectivity index (χ1v) is 15.1. The number of nitrogens with zero attached hydrogens (tertiary/aromatic N) is 1. The van der Waals surface area contributed by atoms with Crippen molar-refractivity contribution in [1.82, 2.24) is 4.90 Å². The molecule has 3 aromatic carbocycles. The van der Waals surface area contributed by atoms with Gasteiger partial charge >= 0.3 is 5.97 Å². The van der Waals surface area contributed by atoms with E-state index in [0.717, 1.165) is 42.0 Å². The van der Waals surface area contributed by atoms with Crippen molar-refractivity contribution in [3.05, 3.63) is 70.8 Å². The van der Waals surface area contributed by atoms with Crippen molar-refractivity contribution >= 4 is 11.7 Å². The summed E-state index contributed by atoms with van der Waals surface area (Å²) < 4.78 is 34.4.